The molecule has 1 aliphatic heterocycles. The average Bonchev–Trinajstić information content (AvgIpc) is 3.33. The quantitative estimate of drug-likeness (QED) is 0.310. The van der Waals surface area contributed by atoms with Crippen LogP contribution in [-0.4, -0.2) is 28.3 Å². The van der Waals surface area contributed by atoms with Crippen molar-refractivity contribution < 1.29 is 9.55 Å². The summed E-state index contributed by atoms with van der Waals surface area (Å²) in [5, 5.41) is 23.0. The number of piperidine rings is 1. The van der Waals surface area contributed by atoms with Crippen LogP contribution in [0, 0.1) is 16.0 Å². The molecule has 0 spiro atoms. The summed E-state index contributed by atoms with van der Waals surface area (Å²) in [5.41, 5.74) is 4.16. The molecular weight excluding hydrogens is 418 g/mol. The number of nitrogens with zero attached hydrogens (tertiary/aromatic N) is 4. The van der Waals surface area contributed by atoms with Gasteiger partial charge in [-0.05, 0) is 52.7 Å². The molecule has 1 aromatic heterocycles. The predicted molar refractivity (Wildman–Crippen MR) is 127 cm³/mol. The molecule has 8 heteroatoms. The maximum absolute atomic E-state index is 11.9. The number of aromatic nitrogens is 2. The fourth-order valence-corrected chi connectivity index (χ4v) is 4.59. The number of anilines is 2. The van der Waals surface area contributed by atoms with E-state index in [1.54, 1.807) is 0 Å². The standard InChI is InChI=1S/C25H25N5O3/c31-30(32)25-21(26-17-20-9-5-2-6-10-20)16-22(23-24(25)28-33-27-23)29-13-11-19(12-14-29)15-18-7-3-1-4-8-18/h1-10,16,19,26H,11-15,17H2. The third-order valence-corrected chi connectivity index (χ3v) is 6.32. The number of rotatable bonds is 7. The Kier molecular flexibility index (Phi) is 5.89. The summed E-state index contributed by atoms with van der Waals surface area (Å²) in [6.07, 6.45) is 3.16. The lowest BCUT2D eigenvalue weighted by molar-refractivity contribution is -0.382. The first-order valence-corrected chi connectivity index (χ1v) is 11.2. The van der Waals surface area contributed by atoms with Crippen LogP contribution in [0.15, 0.2) is 71.4 Å². The molecule has 0 atom stereocenters. The SMILES string of the molecule is O=[N+]([O-])c1c(NCc2ccccc2)cc(N2CCC(Cc3ccccc3)CC2)c2nonc12. The molecule has 5 rings (SSSR count). The Morgan fingerprint density at radius 3 is 2.27 bits per heavy atom. The van der Waals surface area contributed by atoms with Gasteiger partial charge >= 0.3 is 5.69 Å². The van der Waals surface area contributed by atoms with E-state index < -0.39 is 4.92 Å². The second-order valence-electron chi connectivity index (χ2n) is 8.47. The van der Waals surface area contributed by atoms with Crippen molar-refractivity contribution in [1.29, 1.82) is 0 Å². The van der Waals surface area contributed by atoms with Crippen molar-refractivity contribution in [2.24, 2.45) is 5.92 Å². The van der Waals surface area contributed by atoms with Crippen molar-refractivity contribution in [3.05, 3.63) is 88.0 Å². The van der Waals surface area contributed by atoms with Gasteiger partial charge in [-0.2, -0.15) is 0 Å². The molecule has 0 aliphatic carbocycles. The van der Waals surface area contributed by atoms with E-state index in [2.05, 4.69) is 44.8 Å². The minimum atomic E-state index is -0.421. The Hall–Kier alpha value is -3.94. The Labute approximate surface area is 191 Å². The van der Waals surface area contributed by atoms with Gasteiger partial charge in [0.05, 0.1) is 10.6 Å². The van der Waals surface area contributed by atoms with Gasteiger partial charge in [-0.1, -0.05) is 60.7 Å². The minimum Gasteiger partial charge on any atom is -0.375 e. The number of nitro benzene ring substituents is 1. The molecule has 1 N–H and O–H groups in total. The summed E-state index contributed by atoms with van der Waals surface area (Å²) in [6, 6.07) is 22.2. The lowest BCUT2D eigenvalue weighted by Gasteiger charge is -2.33. The second kappa shape index (κ2) is 9.28. The first-order valence-electron chi connectivity index (χ1n) is 11.2. The topological polar surface area (TPSA) is 97.3 Å². The summed E-state index contributed by atoms with van der Waals surface area (Å²) in [4.78, 5) is 13.7. The second-order valence-corrected chi connectivity index (χ2v) is 8.47. The normalized spacial score (nSPS) is 14.5. The van der Waals surface area contributed by atoms with Crippen LogP contribution in [0.4, 0.5) is 17.1 Å². The molecule has 168 valence electrons. The molecule has 1 aliphatic rings. The van der Waals surface area contributed by atoms with Crippen LogP contribution in [0.2, 0.25) is 0 Å². The lowest BCUT2D eigenvalue weighted by Crippen LogP contribution is -2.34. The molecule has 0 saturated carbocycles. The van der Waals surface area contributed by atoms with Gasteiger partial charge in [0.2, 0.25) is 5.52 Å². The number of fused-ring (bicyclic) bond motifs is 1. The maximum atomic E-state index is 11.9. The third-order valence-electron chi connectivity index (χ3n) is 6.32. The van der Waals surface area contributed by atoms with Gasteiger partial charge in [0, 0.05) is 19.6 Å². The van der Waals surface area contributed by atoms with E-state index in [1.807, 2.05) is 42.5 Å². The molecule has 0 bridgehead atoms. The van der Waals surface area contributed by atoms with E-state index in [0.29, 0.717) is 23.7 Å². The minimum absolute atomic E-state index is 0.107. The summed E-state index contributed by atoms with van der Waals surface area (Å²) in [7, 11) is 0. The molecule has 8 nitrogen and oxygen atoms in total. The van der Waals surface area contributed by atoms with Crippen molar-refractivity contribution in [3.8, 4) is 0 Å². The van der Waals surface area contributed by atoms with Crippen molar-refractivity contribution in [1.82, 2.24) is 10.3 Å². The zero-order chi connectivity index (χ0) is 22.6. The van der Waals surface area contributed by atoms with E-state index in [4.69, 9.17) is 4.63 Å². The highest BCUT2D eigenvalue weighted by Crippen LogP contribution is 2.40. The Bertz CT molecular complexity index is 1240. The van der Waals surface area contributed by atoms with Crippen LogP contribution in [0.25, 0.3) is 11.0 Å². The largest absolute Gasteiger partial charge is 0.375 e. The highest BCUT2D eigenvalue weighted by molar-refractivity contribution is 5.99. The number of hydrogen-bond acceptors (Lipinski definition) is 7. The van der Waals surface area contributed by atoms with Crippen LogP contribution < -0.4 is 10.2 Å². The van der Waals surface area contributed by atoms with Crippen LogP contribution in [0.3, 0.4) is 0 Å². The predicted octanol–water partition coefficient (Wildman–Crippen LogP) is 5.20. The van der Waals surface area contributed by atoms with E-state index in [-0.39, 0.29) is 11.2 Å². The summed E-state index contributed by atoms with van der Waals surface area (Å²) >= 11 is 0. The number of hydrogen-bond donors (Lipinski definition) is 1. The van der Waals surface area contributed by atoms with Crippen LogP contribution in [0.5, 0.6) is 0 Å². The van der Waals surface area contributed by atoms with Gasteiger partial charge < -0.3 is 10.2 Å². The first kappa shape index (κ1) is 20.9. The van der Waals surface area contributed by atoms with Gasteiger partial charge in [0.1, 0.15) is 5.69 Å². The molecular formula is C25H25N5O3. The number of nitro groups is 1. The first-order chi connectivity index (χ1) is 16.2. The van der Waals surface area contributed by atoms with Gasteiger partial charge in [-0.3, -0.25) is 10.1 Å². The third kappa shape index (κ3) is 4.50. The van der Waals surface area contributed by atoms with E-state index in [0.717, 1.165) is 43.6 Å². The average molecular weight is 444 g/mol. The smallest absolute Gasteiger partial charge is 0.323 e. The molecule has 2 heterocycles. The maximum Gasteiger partial charge on any atom is 0.323 e. The van der Waals surface area contributed by atoms with Crippen LogP contribution in [0.1, 0.15) is 24.0 Å². The Balaban J connectivity index is 1.39. The number of nitrogens with one attached hydrogen (secondary N) is 1. The summed E-state index contributed by atoms with van der Waals surface area (Å²) in [6.45, 7) is 2.18. The lowest BCUT2D eigenvalue weighted by atomic mass is 9.90. The summed E-state index contributed by atoms with van der Waals surface area (Å²) < 4.78 is 4.95. The van der Waals surface area contributed by atoms with Gasteiger partial charge in [0.15, 0.2) is 5.52 Å². The number of benzene rings is 3. The van der Waals surface area contributed by atoms with Crippen molar-refractivity contribution >= 4 is 28.1 Å². The van der Waals surface area contributed by atoms with Crippen molar-refractivity contribution in [2.75, 3.05) is 23.3 Å². The molecule has 4 aromatic rings. The van der Waals surface area contributed by atoms with Gasteiger partial charge in [-0.25, -0.2) is 4.63 Å². The van der Waals surface area contributed by atoms with Crippen LogP contribution >= 0.6 is 0 Å². The Morgan fingerprint density at radius 1 is 0.970 bits per heavy atom. The van der Waals surface area contributed by atoms with Crippen LogP contribution in [-0.2, 0) is 13.0 Å². The fourth-order valence-electron chi connectivity index (χ4n) is 4.59. The highest BCUT2D eigenvalue weighted by Gasteiger charge is 2.29. The molecule has 0 unspecified atom stereocenters. The zero-order valence-electron chi connectivity index (χ0n) is 18.2. The van der Waals surface area contributed by atoms with Crippen molar-refractivity contribution in [3.63, 3.8) is 0 Å². The zero-order valence-corrected chi connectivity index (χ0v) is 18.2. The molecule has 33 heavy (non-hydrogen) atoms. The molecule has 0 radical (unpaired) electrons. The molecule has 1 fully saturated rings. The molecule has 3 aromatic carbocycles. The van der Waals surface area contributed by atoms with E-state index in [9.17, 15) is 10.1 Å². The van der Waals surface area contributed by atoms with Gasteiger partial charge in [-0.15, -0.1) is 0 Å². The monoisotopic (exact) mass is 443 g/mol. The highest BCUT2D eigenvalue weighted by atomic mass is 16.6. The van der Waals surface area contributed by atoms with Gasteiger partial charge in [0.25, 0.3) is 0 Å². The molecule has 1 saturated heterocycles. The van der Waals surface area contributed by atoms with Crippen molar-refractivity contribution in [2.45, 2.75) is 25.8 Å². The Morgan fingerprint density at radius 2 is 1.61 bits per heavy atom. The summed E-state index contributed by atoms with van der Waals surface area (Å²) in [5.74, 6) is 0.614. The van der Waals surface area contributed by atoms with E-state index in [1.165, 1.54) is 5.56 Å². The fraction of sp³-hybridized carbons (Fsp3) is 0.280. The molecule has 0 amide bonds. The van der Waals surface area contributed by atoms with E-state index >= 15 is 0 Å².